The van der Waals surface area contributed by atoms with Crippen LogP contribution in [-0.4, -0.2) is 37.7 Å². The topological polar surface area (TPSA) is 74.5 Å². The Morgan fingerprint density at radius 3 is 2.42 bits per heavy atom. The van der Waals surface area contributed by atoms with Crippen LogP contribution in [0.15, 0.2) is 48.5 Å². The van der Waals surface area contributed by atoms with Gasteiger partial charge in [0.1, 0.15) is 5.82 Å². The first-order chi connectivity index (χ1) is 17.0. The summed E-state index contributed by atoms with van der Waals surface area (Å²) in [5.74, 6) is 0.810. The summed E-state index contributed by atoms with van der Waals surface area (Å²) in [5.41, 5.74) is 6.25. The molecule has 192 valence electrons. The van der Waals surface area contributed by atoms with Crippen molar-refractivity contribution in [2.24, 2.45) is 11.7 Å². The minimum Gasteiger partial charge on any atom is -0.377 e. The van der Waals surface area contributed by atoms with Crippen LogP contribution in [-0.2, 0) is 6.18 Å². The van der Waals surface area contributed by atoms with Crippen LogP contribution in [0.1, 0.15) is 31.2 Å². The number of hydrogen-bond donors (Lipinski definition) is 2. The summed E-state index contributed by atoms with van der Waals surface area (Å²) in [6.07, 6.45) is -1.57. The number of primary amides is 1. The number of carbonyl (C=O) groups is 1. The lowest BCUT2D eigenvalue weighted by atomic mass is 9.85. The molecule has 0 unspecified atom stereocenters. The number of carbonyl (C=O) groups excluding carboxylic acids is 1. The summed E-state index contributed by atoms with van der Waals surface area (Å²) < 4.78 is 40.8. The van der Waals surface area contributed by atoms with Crippen LogP contribution in [0, 0.1) is 5.92 Å². The van der Waals surface area contributed by atoms with E-state index in [2.05, 4.69) is 10.2 Å². The van der Waals surface area contributed by atoms with Crippen LogP contribution in [0.4, 0.5) is 35.2 Å². The highest BCUT2D eigenvalue weighted by Crippen LogP contribution is 2.39. The molecule has 1 aliphatic carbocycles. The van der Waals surface area contributed by atoms with Gasteiger partial charge in [0.25, 0.3) is 0 Å². The van der Waals surface area contributed by atoms with Crippen LogP contribution in [0.5, 0.6) is 0 Å². The molecule has 0 radical (unpaired) electrons. The lowest BCUT2D eigenvalue weighted by Gasteiger charge is -2.33. The number of nitrogens with one attached hydrogen (secondary N) is 1. The fourth-order valence-corrected chi connectivity index (χ4v) is 5.01. The molecule has 1 saturated carbocycles. The Hall–Kier alpha value is -3.20. The SMILES string of the molecule is CN(C)c1cc(NC2CCC(CN(C(N)=O)c3ccc(Cl)cc3C(F)(F)F)CC2)nc2ccccc12. The first-order valence-electron chi connectivity index (χ1n) is 11.8. The standard InChI is InChI=1S/C26H29ClF3N5O/c1-34(2)23-14-24(33-21-6-4-3-5-19(21)23)32-18-10-7-16(8-11-18)15-35(25(31)36)22-12-9-17(27)13-20(22)26(28,29)30/h3-6,9,12-14,16,18H,7-8,10-11,15H2,1-2H3,(H2,31,36)(H,32,33). The molecule has 1 aromatic heterocycles. The zero-order valence-electron chi connectivity index (χ0n) is 20.1. The average Bonchev–Trinajstić information content (AvgIpc) is 2.82. The number of nitrogens with zero attached hydrogens (tertiary/aromatic N) is 3. The molecule has 3 aromatic rings. The van der Waals surface area contributed by atoms with Crippen molar-refractivity contribution in [3.63, 3.8) is 0 Å². The molecule has 2 aromatic carbocycles. The summed E-state index contributed by atoms with van der Waals surface area (Å²) in [6.45, 7) is 0.117. The lowest BCUT2D eigenvalue weighted by molar-refractivity contribution is -0.137. The molecule has 36 heavy (non-hydrogen) atoms. The molecule has 0 aliphatic heterocycles. The molecule has 10 heteroatoms. The van der Waals surface area contributed by atoms with Gasteiger partial charge in [0.15, 0.2) is 0 Å². The smallest absolute Gasteiger partial charge is 0.377 e. The van der Waals surface area contributed by atoms with E-state index in [9.17, 15) is 18.0 Å². The Kier molecular flexibility index (Phi) is 7.49. The average molecular weight is 520 g/mol. The summed E-state index contributed by atoms with van der Waals surface area (Å²) in [4.78, 5) is 20.0. The van der Waals surface area contributed by atoms with Gasteiger partial charge in [-0.15, -0.1) is 0 Å². The predicted molar refractivity (Wildman–Crippen MR) is 139 cm³/mol. The van der Waals surface area contributed by atoms with Crippen molar-refractivity contribution in [1.29, 1.82) is 0 Å². The number of para-hydroxylation sites is 1. The Bertz CT molecular complexity index is 1240. The van der Waals surface area contributed by atoms with E-state index in [1.807, 2.05) is 44.4 Å². The van der Waals surface area contributed by atoms with Crippen molar-refractivity contribution in [2.45, 2.75) is 37.9 Å². The van der Waals surface area contributed by atoms with E-state index >= 15 is 0 Å². The quantitative estimate of drug-likeness (QED) is 0.388. The molecule has 0 atom stereocenters. The van der Waals surface area contributed by atoms with Crippen LogP contribution >= 0.6 is 11.6 Å². The molecular formula is C26H29ClF3N5O. The van der Waals surface area contributed by atoms with Crippen molar-refractivity contribution in [2.75, 3.05) is 35.8 Å². The number of amides is 2. The number of urea groups is 1. The van der Waals surface area contributed by atoms with Gasteiger partial charge in [-0.1, -0.05) is 29.8 Å². The third kappa shape index (κ3) is 5.78. The van der Waals surface area contributed by atoms with Gasteiger partial charge in [0.05, 0.1) is 16.8 Å². The first-order valence-corrected chi connectivity index (χ1v) is 12.2. The van der Waals surface area contributed by atoms with Gasteiger partial charge < -0.3 is 16.0 Å². The highest BCUT2D eigenvalue weighted by atomic mass is 35.5. The number of halogens is 4. The van der Waals surface area contributed by atoms with Gasteiger partial charge in [-0.2, -0.15) is 13.2 Å². The zero-order chi connectivity index (χ0) is 26.0. The van der Waals surface area contributed by atoms with Crippen molar-refractivity contribution < 1.29 is 18.0 Å². The number of aromatic nitrogens is 1. The number of alkyl halides is 3. The van der Waals surface area contributed by atoms with E-state index in [-0.39, 0.29) is 29.2 Å². The maximum Gasteiger partial charge on any atom is 0.418 e. The van der Waals surface area contributed by atoms with Crippen molar-refractivity contribution >= 4 is 45.7 Å². The largest absolute Gasteiger partial charge is 0.418 e. The van der Waals surface area contributed by atoms with E-state index in [4.69, 9.17) is 22.3 Å². The van der Waals surface area contributed by atoms with Gasteiger partial charge in [-0.05, 0) is 55.9 Å². The second-order valence-electron chi connectivity index (χ2n) is 9.41. The normalized spacial score (nSPS) is 18.2. The second kappa shape index (κ2) is 10.4. The number of pyridine rings is 1. The number of fused-ring (bicyclic) bond motifs is 1. The minimum absolute atomic E-state index is 0.0224. The molecule has 1 fully saturated rings. The summed E-state index contributed by atoms with van der Waals surface area (Å²) in [7, 11) is 3.98. The van der Waals surface area contributed by atoms with Gasteiger partial charge in [-0.3, -0.25) is 4.90 Å². The molecule has 1 aliphatic rings. The highest BCUT2D eigenvalue weighted by Gasteiger charge is 2.37. The fourth-order valence-electron chi connectivity index (χ4n) is 4.84. The van der Waals surface area contributed by atoms with Crippen LogP contribution in [0.25, 0.3) is 10.9 Å². The molecule has 2 amide bonds. The Labute approximate surface area is 213 Å². The third-order valence-electron chi connectivity index (χ3n) is 6.64. The molecule has 3 N–H and O–H groups in total. The first kappa shape index (κ1) is 25.9. The number of anilines is 3. The molecule has 1 heterocycles. The van der Waals surface area contributed by atoms with Gasteiger partial charge >= 0.3 is 12.2 Å². The molecule has 6 nitrogen and oxygen atoms in total. The maximum absolute atomic E-state index is 13.6. The van der Waals surface area contributed by atoms with Crippen LogP contribution < -0.4 is 20.9 Å². The predicted octanol–water partition coefficient (Wildman–Crippen LogP) is 6.53. The summed E-state index contributed by atoms with van der Waals surface area (Å²) in [6, 6.07) is 12.6. The number of benzene rings is 2. The molecule has 0 saturated heterocycles. The molecule has 0 spiro atoms. The molecule has 0 bridgehead atoms. The van der Waals surface area contributed by atoms with E-state index in [1.54, 1.807) is 0 Å². The monoisotopic (exact) mass is 519 g/mol. The Morgan fingerprint density at radius 2 is 1.78 bits per heavy atom. The van der Waals surface area contributed by atoms with Crippen molar-refractivity contribution in [3.05, 3.63) is 59.1 Å². The van der Waals surface area contributed by atoms with Gasteiger partial charge in [-0.25, -0.2) is 9.78 Å². The molecular weight excluding hydrogens is 491 g/mol. The summed E-state index contributed by atoms with van der Waals surface area (Å²) in [5, 5.41) is 4.54. The highest BCUT2D eigenvalue weighted by molar-refractivity contribution is 6.30. The van der Waals surface area contributed by atoms with Gasteiger partial charge in [0.2, 0.25) is 0 Å². The van der Waals surface area contributed by atoms with Crippen LogP contribution in [0.2, 0.25) is 5.02 Å². The number of hydrogen-bond acceptors (Lipinski definition) is 4. The van der Waals surface area contributed by atoms with Gasteiger partial charge in [0, 0.05) is 48.8 Å². The fraction of sp³-hybridized carbons (Fsp3) is 0.385. The molecule has 4 rings (SSSR count). The van der Waals surface area contributed by atoms with E-state index in [1.165, 1.54) is 12.1 Å². The second-order valence-corrected chi connectivity index (χ2v) is 9.84. The van der Waals surface area contributed by atoms with Crippen molar-refractivity contribution in [1.82, 2.24) is 4.98 Å². The zero-order valence-corrected chi connectivity index (χ0v) is 20.9. The number of nitrogens with two attached hydrogens (primary N) is 1. The Balaban J connectivity index is 1.45. The lowest BCUT2D eigenvalue weighted by Crippen LogP contribution is -2.42. The van der Waals surface area contributed by atoms with E-state index in [0.29, 0.717) is 0 Å². The van der Waals surface area contributed by atoms with Crippen LogP contribution in [0.3, 0.4) is 0 Å². The third-order valence-corrected chi connectivity index (χ3v) is 6.87. The summed E-state index contributed by atoms with van der Waals surface area (Å²) >= 11 is 5.79. The van der Waals surface area contributed by atoms with E-state index in [0.717, 1.165) is 59.1 Å². The van der Waals surface area contributed by atoms with Crippen molar-refractivity contribution in [3.8, 4) is 0 Å². The minimum atomic E-state index is -4.66. The maximum atomic E-state index is 13.6. The number of rotatable bonds is 6. The van der Waals surface area contributed by atoms with E-state index < -0.39 is 17.8 Å². The Morgan fingerprint density at radius 1 is 1.08 bits per heavy atom.